The lowest BCUT2D eigenvalue weighted by molar-refractivity contribution is 0.0636. The van der Waals surface area contributed by atoms with Gasteiger partial charge in [0.05, 0.1) is 19.8 Å². The molecule has 1 aromatic rings. The molecule has 2 rings (SSSR count). The van der Waals surface area contributed by atoms with Crippen LogP contribution in [0.25, 0.3) is 0 Å². The Bertz CT molecular complexity index is 502. The molecule has 1 saturated heterocycles. The maximum Gasteiger partial charge on any atom is 0.256 e. The van der Waals surface area contributed by atoms with Crippen LogP contribution >= 0.6 is 0 Å². The molecular weight excluding hydrogens is 256 g/mol. The molecule has 0 aliphatic carbocycles. The molecule has 5 nitrogen and oxygen atoms in total. The second kappa shape index (κ2) is 6.03. The molecular formula is C15H22N2O3. The van der Waals surface area contributed by atoms with Crippen molar-refractivity contribution < 1.29 is 14.3 Å². The number of hydrogen-bond donors (Lipinski definition) is 1. The summed E-state index contributed by atoms with van der Waals surface area (Å²) in [7, 11) is 3.09. The van der Waals surface area contributed by atoms with E-state index in [1.807, 2.05) is 4.90 Å². The lowest BCUT2D eigenvalue weighted by Gasteiger charge is -2.33. The van der Waals surface area contributed by atoms with Gasteiger partial charge >= 0.3 is 0 Å². The predicted octanol–water partition coefficient (Wildman–Crippen LogP) is 2.30. The monoisotopic (exact) mass is 278 g/mol. The van der Waals surface area contributed by atoms with Crippen LogP contribution in [0.4, 0.5) is 5.69 Å². The number of hydrogen-bond acceptors (Lipinski definition) is 4. The number of benzene rings is 1. The smallest absolute Gasteiger partial charge is 0.256 e. The van der Waals surface area contributed by atoms with E-state index in [0.29, 0.717) is 22.7 Å². The quantitative estimate of drug-likeness (QED) is 0.862. The van der Waals surface area contributed by atoms with Crippen LogP contribution in [0, 0.1) is 0 Å². The fourth-order valence-electron chi connectivity index (χ4n) is 2.63. The van der Waals surface area contributed by atoms with Gasteiger partial charge in [-0.2, -0.15) is 0 Å². The van der Waals surface area contributed by atoms with Crippen LogP contribution < -0.4 is 15.2 Å². The highest BCUT2D eigenvalue weighted by atomic mass is 16.5. The number of rotatable bonds is 3. The van der Waals surface area contributed by atoms with E-state index in [1.165, 1.54) is 6.42 Å². The van der Waals surface area contributed by atoms with Gasteiger partial charge in [-0.1, -0.05) is 0 Å². The van der Waals surface area contributed by atoms with Crippen molar-refractivity contribution in [1.82, 2.24) is 4.90 Å². The molecule has 1 amide bonds. The molecule has 0 unspecified atom stereocenters. The van der Waals surface area contributed by atoms with Crippen molar-refractivity contribution in [2.75, 3.05) is 26.5 Å². The zero-order chi connectivity index (χ0) is 14.7. The maximum absolute atomic E-state index is 12.6. The van der Waals surface area contributed by atoms with E-state index in [-0.39, 0.29) is 11.9 Å². The van der Waals surface area contributed by atoms with Crippen molar-refractivity contribution in [3.63, 3.8) is 0 Å². The number of methoxy groups -OCH3 is 2. The Morgan fingerprint density at radius 2 is 1.90 bits per heavy atom. The lowest BCUT2D eigenvalue weighted by atomic mass is 10.0. The van der Waals surface area contributed by atoms with Gasteiger partial charge in [0.2, 0.25) is 0 Å². The highest BCUT2D eigenvalue weighted by Crippen LogP contribution is 2.33. The second-order valence-corrected chi connectivity index (χ2v) is 5.14. The van der Waals surface area contributed by atoms with Crippen LogP contribution in [0.3, 0.4) is 0 Å². The van der Waals surface area contributed by atoms with Crippen molar-refractivity contribution in [2.45, 2.75) is 32.2 Å². The summed E-state index contributed by atoms with van der Waals surface area (Å²) in [5.41, 5.74) is 6.89. The SMILES string of the molecule is COc1cc(N)c(C(=O)N2CCCC[C@@H]2C)cc1OC. The molecule has 1 heterocycles. The third-order valence-corrected chi connectivity index (χ3v) is 3.85. The topological polar surface area (TPSA) is 64.8 Å². The molecule has 0 radical (unpaired) electrons. The van der Waals surface area contributed by atoms with Gasteiger partial charge in [-0.25, -0.2) is 0 Å². The third kappa shape index (κ3) is 2.66. The van der Waals surface area contributed by atoms with Gasteiger partial charge in [0, 0.05) is 24.3 Å². The van der Waals surface area contributed by atoms with Crippen molar-refractivity contribution in [3.8, 4) is 11.5 Å². The second-order valence-electron chi connectivity index (χ2n) is 5.14. The third-order valence-electron chi connectivity index (χ3n) is 3.85. The lowest BCUT2D eigenvalue weighted by Crippen LogP contribution is -2.42. The standard InChI is InChI=1S/C15H22N2O3/c1-10-6-4-5-7-17(10)15(18)11-8-13(19-2)14(20-3)9-12(11)16/h8-10H,4-7,16H2,1-3H3/t10-/m0/s1. The average molecular weight is 278 g/mol. The van der Waals surface area contributed by atoms with E-state index in [2.05, 4.69) is 6.92 Å². The first-order valence-corrected chi connectivity index (χ1v) is 6.91. The molecule has 20 heavy (non-hydrogen) atoms. The number of piperidine rings is 1. The summed E-state index contributed by atoms with van der Waals surface area (Å²) < 4.78 is 10.4. The number of carbonyl (C=O) groups is 1. The summed E-state index contributed by atoms with van der Waals surface area (Å²) in [6.45, 7) is 2.86. The zero-order valence-electron chi connectivity index (χ0n) is 12.3. The van der Waals surface area contributed by atoms with Crippen LogP contribution in [-0.4, -0.2) is 37.6 Å². The molecule has 1 aliphatic rings. The van der Waals surface area contributed by atoms with E-state index in [1.54, 1.807) is 26.4 Å². The highest BCUT2D eigenvalue weighted by molar-refractivity contribution is 6.00. The van der Waals surface area contributed by atoms with Crippen molar-refractivity contribution in [3.05, 3.63) is 17.7 Å². The Kier molecular flexibility index (Phi) is 4.37. The van der Waals surface area contributed by atoms with Gasteiger partial charge in [-0.3, -0.25) is 4.79 Å². The first kappa shape index (κ1) is 14.5. The summed E-state index contributed by atoms with van der Waals surface area (Å²) in [6, 6.07) is 3.56. The first-order valence-electron chi connectivity index (χ1n) is 6.91. The predicted molar refractivity (Wildman–Crippen MR) is 78.3 cm³/mol. The molecule has 2 N–H and O–H groups in total. The van der Waals surface area contributed by atoms with E-state index in [9.17, 15) is 4.79 Å². The highest BCUT2D eigenvalue weighted by Gasteiger charge is 2.26. The van der Waals surface area contributed by atoms with Crippen LogP contribution in [0.2, 0.25) is 0 Å². The molecule has 0 saturated carbocycles. The molecule has 1 aromatic carbocycles. The number of ether oxygens (including phenoxy) is 2. The van der Waals surface area contributed by atoms with E-state index in [0.717, 1.165) is 19.4 Å². The Labute approximate surface area is 119 Å². The summed E-state index contributed by atoms with van der Waals surface area (Å²) in [5.74, 6) is 1.03. The molecule has 5 heteroatoms. The Morgan fingerprint density at radius 1 is 1.25 bits per heavy atom. The molecule has 0 aromatic heterocycles. The normalized spacial score (nSPS) is 18.8. The van der Waals surface area contributed by atoms with Gasteiger partial charge in [0.15, 0.2) is 11.5 Å². The largest absolute Gasteiger partial charge is 0.493 e. The molecule has 1 fully saturated rings. The molecule has 110 valence electrons. The van der Waals surface area contributed by atoms with Crippen LogP contribution in [0.1, 0.15) is 36.5 Å². The van der Waals surface area contributed by atoms with Gasteiger partial charge in [-0.15, -0.1) is 0 Å². The Hall–Kier alpha value is -1.91. The number of likely N-dealkylation sites (tertiary alicyclic amines) is 1. The zero-order valence-corrected chi connectivity index (χ0v) is 12.3. The van der Waals surface area contributed by atoms with Crippen LogP contribution in [0.15, 0.2) is 12.1 Å². The Morgan fingerprint density at radius 3 is 2.50 bits per heavy atom. The number of anilines is 1. The van der Waals surface area contributed by atoms with Gasteiger partial charge < -0.3 is 20.1 Å². The number of amides is 1. The summed E-state index contributed by atoms with van der Waals surface area (Å²) >= 11 is 0. The number of nitrogen functional groups attached to an aromatic ring is 1. The van der Waals surface area contributed by atoms with Crippen molar-refractivity contribution >= 4 is 11.6 Å². The minimum Gasteiger partial charge on any atom is -0.493 e. The van der Waals surface area contributed by atoms with Crippen molar-refractivity contribution in [1.29, 1.82) is 0 Å². The van der Waals surface area contributed by atoms with Crippen LogP contribution in [-0.2, 0) is 0 Å². The molecule has 1 aliphatic heterocycles. The number of nitrogens with zero attached hydrogens (tertiary/aromatic N) is 1. The Balaban J connectivity index is 2.34. The van der Waals surface area contributed by atoms with Gasteiger partial charge in [0.25, 0.3) is 5.91 Å². The van der Waals surface area contributed by atoms with E-state index in [4.69, 9.17) is 15.2 Å². The molecule has 0 bridgehead atoms. The minimum absolute atomic E-state index is 0.0318. The fourth-order valence-corrected chi connectivity index (χ4v) is 2.63. The van der Waals surface area contributed by atoms with Crippen LogP contribution in [0.5, 0.6) is 11.5 Å². The van der Waals surface area contributed by atoms with E-state index >= 15 is 0 Å². The molecule has 0 spiro atoms. The van der Waals surface area contributed by atoms with Gasteiger partial charge in [-0.05, 0) is 32.3 Å². The van der Waals surface area contributed by atoms with E-state index < -0.39 is 0 Å². The minimum atomic E-state index is -0.0318. The summed E-state index contributed by atoms with van der Waals surface area (Å²) in [4.78, 5) is 14.5. The summed E-state index contributed by atoms with van der Waals surface area (Å²) in [6.07, 6.45) is 3.26. The number of carbonyl (C=O) groups excluding carboxylic acids is 1. The van der Waals surface area contributed by atoms with Crippen molar-refractivity contribution in [2.24, 2.45) is 0 Å². The average Bonchev–Trinajstić information content (AvgIpc) is 2.46. The molecule has 1 atom stereocenters. The first-order chi connectivity index (χ1) is 9.58. The summed E-state index contributed by atoms with van der Waals surface area (Å²) in [5, 5.41) is 0. The number of nitrogens with two attached hydrogens (primary N) is 1. The fraction of sp³-hybridized carbons (Fsp3) is 0.533. The van der Waals surface area contributed by atoms with Gasteiger partial charge in [0.1, 0.15) is 0 Å². The maximum atomic E-state index is 12.6.